The molecule has 0 aliphatic heterocycles. The lowest BCUT2D eigenvalue weighted by Crippen LogP contribution is -2.35. The lowest BCUT2D eigenvalue weighted by Gasteiger charge is -2.14. The third-order valence-electron chi connectivity index (χ3n) is 2.71. The Kier molecular flexibility index (Phi) is 6.41. The molecule has 102 valence electrons. The first-order chi connectivity index (χ1) is 9.17. The summed E-state index contributed by atoms with van der Waals surface area (Å²) in [5, 5.41) is 11.5. The largest absolute Gasteiger partial charge is 0.479 e. The number of hydrogen-bond donors (Lipinski definition) is 1. The number of hydrogen-bond acceptors (Lipinski definition) is 4. The highest BCUT2D eigenvalue weighted by molar-refractivity contribution is 5.77. The van der Waals surface area contributed by atoms with Crippen LogP contribution in [0.2, 0.25) is 0 Å². The normalized spacial score (nSPS) is 9.74. The van der Waals surface area contributed by atoms with E-state index in [-0.39, 0.29) is 12.5 Å². The van der Waals surface area contributed by atoms with Crippen LogP contribution < -0.4 is 10.1 Å². The van der Waals surface area contributed by atoms with Crippen molar-refractivity contribution >= 4 is 5.91 Å². The van der Waals surface area contributed by atoms with Gasteiger partial charge in [-0.2, -0.15) is 5.26 Å². The fourth-order valence-corrected chi connectivity index (χ4v) is 1.49. The van der Waals surface area contributed by atoms with Crippen LogP contribution in [0, 0.1) is 11.3 Å². The number of nitriles is 1. The van der Waals surface area contributed by atoms with E-state index >= 15 is 0 Å². The van der Waals surface area contributed by atoms with Crippen molar-refractivity contribution in [3.05, 3.63) is 29.8 Å². The quantitative estimate of drug-likeness (QED) is 0.800. The summed E-state index contributed by atoms with van der Waals surface area (Å²) in [5.41, 5.74) is 1.02. The average molecular weight is 261 g/mol. The predicted octanol–water partition coefficient (Wildman–Crippen LogP) is 1.16. The number of rotatable bonds is 7. The molecule has 1 aromatic carbocycles. The molecule has 5 heteroatoms. The van der Waals surface area contributed by atoms with Crippen molar-refractivity contribution in [2.24, 2.45) is 0 Å². The summed E-state index contributed by atoms with van der Waals surface area (Å²) >= 11 is 0. The molecule has 0 bridgehead atoms. The zero-order valence-electron chi connectivity index (χ0n) is 11.3. The average Bonchev–Trinajstić information content (AvgIpc) is 2.44. The van der Waals surface area contributed by atoms with E-state index in [9.17, 15) is 4.79 Å². The van der Waals surface area contributed by atoms with Gasteiger partial charge in [-0.25, -0.2) is 0 Å². The smallest absolute Gasteiger partial charge is 0.236 e. The number of benzene rings is 1. The molecule has 0 aliphatic carbocycles. The van der Waals surface area contributed by atoms with Crippen LogP contribution >= 0.6 is 0 Å². The lowest BCUT2D eigenvalue weighted by atomic mass is 10.2. The van der Waals surface area contributed by atoms with Crippen LogP contribution in [0.1, 0.15) is 12.5 Å². The molecule has 0 heterocycles. The van der Waals surface area contributed by atoms with E-state index in [0.717, 1.165) is 5.56 Å². The van der Waals surface area contributed by atoms with Crippen molar-refractivity contribution in [3.63, 3.8) is 0 Å². The predicted molar refractivity (Wildman–Crippen MR) is 72.6 cm³/mol. The molecule has 0 saturated carbocycles. The highest BCUT2D eigenvalue weighted by Gasteiger charge is 2.05. The first-order valence-corrected chi connectivity index (χ1v) is 6.20. The minimum absolute atomic E-state index is 0.0384. The number of amides is 1. The van der Waals surface area contributed by atoms with E-state index < -0.39 is 0 Å². The molecular formula is C14H19N3O2. The van der Waals surface area contributed by atoms with E-state index in [1.54, 1.807) is 18.0 Å². The molecule has 0 spiro atoms. The summed E-state index contributed by atoms with van der Waals surface area (Å²) in [6.45, 7) is 3.59. The lowest BCUT2D eigenvalue weighted by molar-refractivity contribution is -0.128. The summed E-state index contributed by atoms with van der Waals surface area (Å²) in [4.78, 5) is 13.2. The van der Waals surface area contributed by atoms with Crippen molar-refractivity contribution in [1.82, 2.24) is 10.2 Å². The summed E-state index contributed by atoms with van der Waals surface area (Å²) in [7, 11) is 1.78. The maximum atomic E-state index is 11.6. The fourth-order valence-electron chi connectivity index (χ4n) is 1.49. The number of carbonyl (C=O) groups excluding carboxylic acids is 1. The third-order valence-corrected chi connectivity index (χ3v) is 2.71. The van der Waals surface area contributed by atoms with Crippen LogP contribution in [-0.4, -0.2) is 37.6 Å². The standard InChI is InChI=1S/C14H19N3O2/c1-3-17(2)14(18)11-16-10-12-5-4-6-13(9-12)19-8-7-15/h4-6,9,16H,3,8,10-11H2,1-2H3. The maximum absolute atomic E-state index is 11.6. The Morgan fingerprint density at radius 2 is 2.32 bits per heavy atom. The fraction of sp³-hybridized carbons (Fsp3) is 0.429. The summed E-state index contributed by atoms with van der Waals surface area (Å²) in [6, 6.07) is 9.40. The number of carbonyl (C=O) groups is 1. The number of nitrogens with one attached hydrogen (secondary N) is 1. The van der Waals surface area contributed by atoms with Crippen LogP contribution in [0.15, 0.2) is 24.3 Å². The second kappa shape index (κ2) is 8.11. The highest BCUT2D eigenvalue weighted by Crippen LogP contribution is 2.12. The zero-order valence-corrected chi connectivity index (χ0v) is 11.3. The molecule has 0 fully saturated rings. The molecule has 5 nitrogen and oxygen atoms in total. The summed E-state index contributed by atoms with van der Waals surface area (Å²) in [5.74, 6) is 0.734. The topological polar surface area (TPSA) is 65.4 Å². The van der Waals surface area contributed by atoms with Gasteiger partial charge in [0.05, 0.1) is 6.54 Å². The molecule has 19 heavy (non-hydrogen) atoms. The van der Waals surface area contributed by atoms with E-state index in [1.165, 1.54) is 0 Å². The molecule has 1 N–H and O–H groups in total. The number of likely N-dealkylation sites (N-methyl/N-ethyl adjacent to an activating group) is 1. The monoisotopic (exact) mass is 261 g/mol. The van der Waals surface area contributed by atoms with Crippen LogP contribution in [0.25, 0.3) is 0 Å². The van der Waals surface area contributed by atoms with Gasteiger partial charge in [-0.15, -0.1) is 0 Å². The van der Waals surface area contributed by atoms with Gasteiger partial charge >= 0.3 is 0 Å². The molecule has 0 aromatic heterocycles. The van der Waals surface area contributed by atoms with Crippen molar-refractivity contribution in [2.75, 3.05) is 26.7 Å². The Morgan fingerprint density at radius 1 is 1.53 bits per heavy atom. The summed E-state index contributed by atoms with van der Waals surface area (Å²) < 4.78 is 5.21. The minimum Gasteiger partial charge on any atom is -0.479 e. The molecule has 1 aromatic rings. The van der Waals surface area contributed by atoms with Gasteiger partial charge in [0.1, 0.15) is 11.8 Å². The third kappa shape index (κ3) is 5.40. The van der Waals surface area contributed by atoms with Crippen LogP contribution in [0.4, 0.5) is 0 Å². The number of ether oxygens (including phenoxy) is 1. The molecule has 0 atom stereocenters. The van der Waals surface area contributed by atoms with E-state index in [1.807, 2.05) is 31.2 Å². The first-order valence-electron chi connectivity index (χ1n) is 6.20. The molecule has 1 amide bonds. The van der Waals surface area contributed by atoms with Gasteiger partial charge in [0.2, 0.25) is 5.91 Å². The van der Waals surface area contributed by atoms with Crippen LogP contribution in [-0.2, 0) is 11.3 Å². The van der Waals surface area contributed by atoms with Gasteiger partial charge in [-0.1, -0.05) is 12.1 Å². The Morgan fingerprint density at radius 3 is 3.00 bits per heavy atom. The Labute approximate surface area is 113 Å². The number of nitrogens with zero attached hydrogens (tertiary/aromatic N) is 2. The second-order valence-corrected chi connectivity index (χ2v) is 4.11. The van der Waals surface area contributed by atoms with Crippen molar-refractivity contribution < 1.29 is 9.53 Å². The van der Waals surface area contributed by atoms with Gasteiger partial charge in [-0.05, 0) is 24.6 Å². The van der Waals surface area contributed by atoms with Gasteiger partial charge in [0, 0.05) is 20.1 Å². The van der Waals surface area contributed by atoms with Crippen molar-refractivity contribution in [3.8, 4) is 11.8 Å². The molecular weight excluding hydrogens is 242 g/mol. The van der Waals surface area contributed by atoms with Gasteiger partial charge in [0.25, 0.3) is 0 Å². The molecule has 0 saturated heterocycles. The van der Waals surface area contributed by atoms with Crippen LogP contribution in [0.3, 0.4) is 0 Å². The highest BCUT2D eigenvalue weighted by atomic mass is 16.5. The van der Waals surface area contributed by atoms with Crippen molar-refractivity contribution in [1.29, 1.82) is 5.26 Å². The molecule has 0 unspecified atom stereocenters. The van der Waals surface area contributed by atoms with Gasteiger partial charge in [-0.3, -0.25) is 4.79 Å². The Bertz CT molecular complexity index is 454. The van der Waals surface area contributed by atoms with E-state index in [0.29, 0.717) is 25.4 Å². The van der Waals surface area contributed by atoms with Crippen LogP contribution in [0.5, 0.6) is 5.75 Å². The first kappa shape index (κ1) is 15.0. The van der Waals surface area contributed by atoms with Crippen molar-refractivity contribution in [2.45, 2.75) is 13.5 Å². The Balaban J connectivity index is 2.41. The van der Waals surface area contributed by atoms with E-state index in [2.05, 4.69) is 5.32 Å². The van der Waals surface area contributed by atoms with Gasteiger partial charge in [0.15, 0.2) is 6.61 Å². The minimum atomic E-state index is 0.0384. The van der Waals surface area contributed by atoms with Gasteiger partial charge < -0.3 is 15.0 Å². The molecule has 0 aliphatic rings. The maximum Gasteiger partial charge on any atom is 0.236 e. The second-order valence-electron chi connectivity index (χ2n) is 4.11. The SMILES string of the molecule is CCN(C)C(=O)CNCc1cccc(OCC#N)c1. The zero-order chi connectivity index (χ0) is 14.1. The molecule has 1 rings (SSSR count). The molecule has 0 radical (unpaired) electrons. The van der Waals surface area contributed by atoms with E-state index in [4.69, 9.17) is 10.00 Å². The Hall–Kier alpha value is -2.06. The summed E-state index contributed by atoms with van der Waals surface area (Å²) in [6.07, 6.45) is 0.